The highest BCUT2D eigenvalue weighted by Crippen LogP contribution is 2.29. The van der Waals surface area contributed by atoms with Gasteiger partial charge in [-0.05, 0) is 26.0 Å². The van der Waals surface area contributed by atoms with Crippen molar-refractivity contribution in [1.29, 1.82) is 0 Å². The van der Waals surface area contributed by atoms with E-state index >= 15 is 0 Å². The van der Waals surface area contributed by atoms with Gasteiger partial charge >= 0.3 is 0 Å². The van der Waals surface area contributed by atoms with Gasteiger partial charge in [0.1, 0.15) is 11.5 Å². The first-order valence-corrected chi connectivity index (χ1v) is 6.17. The average molecular weight is 276 g/mol. The number of hydrogen-bond donors (Lipinski definition) is 0. The largest absolute Gasteiger partial charge is 0.497 e. The van der Waals surface area contributed by atoms with Crippen molar-refractivity contribution in [3.05, 3.63) is 35.5 Å². The molecule has 0 aliphatic carbocycles. The first kappa shape index (κ1) is 14.0. The molecule has 6 nitrogen and oxygen atoms in total. The maximum atomic E-state index is 11.6. The second-order valence-electron chi connectivity index (χ2n) is 4.34. The van der Waals surface area contributed by atoms with Crippen LogP contribution in [-0.4, -0.2) is 23.1 Å². The first-order chi connectivity index (χ1) is 9.51. The quantitative estimate of drug-likeness (QED) is 0.782. The number of rotatable bonds is 5. The number of hydrogen-bond acceptors (Lipinski definition) is 6. The molecule has 0 saturated carbocycles. The Morgan fingerprint density at radius 2 is 2.10 bits per heavy atom. The van der Waals surface area contributed by atoms with Crippen LogP contribution in [-0.2, 0) is 0 Å². The van der Waals surface area contributed by atoms with Crippen LogP contribution in [0.3, 0.4) is 0 Å². The maximum Gasteiger partial charge on any atom is 0.256 e. The van der Waals surface area contributed by atoms with Crippen LogP contribution in [0.25, 0.3) is 0 Å². The third kappa shape index (κ3) is 2.96. The molecule has 1 heterocycles. The van der Waals surface area contributed by atoms with Crippen molar-refractivity contribution < 1.29 is 18.7 Å². The minimum Gasteiger partial charge on any atom is -0.497 e. The molecule has 2 aromatic rings. The number of Topliss-reactive ketones (excluding diaryl/α,β-unsaturated/α-hetero) is 1. The Morgan fingerprint density at radius 3 is 2.65 bits per heavy atom. The molecule has 0 fully saturated rings. The van der Waals surface area contributed by atoms with E-state index in [1.807, 2.05) is 0 Å². The molecule has 1 aromatic heterocycles. The Morgan fingerprint density at radius 1 is 1.35 bits per heavy atom. The van der Waals surface area contributed by atoms with Gasteiger partial charge in [-0.1, -0.05) is 0 Å². The van der Waals surface area contributed by atoms with E-state index in [9.17, 15) is 4.79 Å². The van der Waals surface area contributed by atoms with Gasteiger partial charge in [-0.15, -0.1) is 10.2 Å². The first-order valence-electron chi connectivity index (χ1n) is 6.17. The monoisotopic (exact) mass is 276 g/mol. The van der Waals surface area contributed by atoms with E-state index in [0.29, 0.717) is 28.8 Å². The van der Waals surface area contributed by atoms with Crippen molar-refractivity contribution in [2.45, 2.75) is 26.9 Å². The molecule has 0 N–H and O–H groups in total. The normalized spacial score (nSPS) is 12.0. The summed E-state index contributed by atoms with van der Waals surface area (Å²) in [7, 11) is 1.55. The van der Waals surface area contributed by atoms with Crippen molar-refractivity contribution >= 4 is 5.78 Å². The predicted molar refractivity (Wildman–Crippen MR) is 71.1 cm³/mol. The van der Waals surface area contributed by atoms with Crippen LogP contribution in [0.1, 0.15) is 42.1 Å². The summed E-state index contributed by atoms with van der Waals surface area (Å²) >= 11 is 0. The van der Waals surface area contributed by atoms with E-state index < -0.39 is 6.10 Å². The van der Waals surface area contributed by atoms with Gasteiger partial charge in [-0.25, -0.2) is 0 Å². The Balaban J connectivity index is 2.29. The molecule has 1 unspecified atom stereocenters. The number of aromatic nitrogens is 2. The van der Waals surface area contributed by atoms with Crippen LogP contribution in [0, 0.1) is 6.92 Å². The second kappa shape index (κ2) is 5.73. The Bertz CT molecular complexity index is 621. The minimum absolute atomic E-state index is 0.0865. The fraction of sp³-hybridized carbons (Fsp3) is 0.357. The third-order valence-corrected chi connectivity index (χ3v) is 2.76. The lowest BCUT2D eigenvalue weighted by Gasteiger charge is -2.14. The minimum atomic E-state index is -0.457. The molecule has 0 saturated heterocycles. The van der Waals surface area contributed by atoms with E-state index in [2.05, 4.69) is 10.2 Å². The maximum absolute atomic E-state index is 11.6. The summed E-state index contributed by atoms with van der Waals surface area (Å²) in [6.07, 6.45) is -0.457. The highest BCUT2D eigenvalue weighted by Gasteiger charge is 2.18. The molecule has 0 bridgehead atoms. The van der Waals surface area contributed by atoms with Crippen LogP contribution in [0.2, 0.25) is 0 Å². The van der Waals surface area contributed by atoms with Gasteiger partial charge in [0.25, 0.3) is 5.89 Å². The zero-order valence-corrected chi connectivity index (χ0v) is 11.8. The molecule has 1 aromatic carbocycles. The van der Waals surface area contributed by atoms with Crippen molar-refractivity contribution in [2.75, 3.05) is 7.11 Å². The fourth-order valence-electron chi connectivity index (χ4n) is 1.73. The SMILES string of the molecule is COc1ccc(C(C)=O)c(OC(C)c2nnc(C)o2)c1. The molecular weight excluding hydrogens is 260 g/mol. The highest BCUT2D eigenvalue weighted by molar-refractivity contribution is 5.97. The smallest absolute Gasteiger partial charge is 0.256 e. The molecule has 0 amide bonds. The molecular formula is C14H16N2O4. The lowest BCUT2D eigenvalue weighted by Crippen LogP contribution is -2.07. The number of nitrogens with zero attached hydrogens (tertiary/aromatic N) is 2. The number of ether oxygens (including phenoxy) is 2. The van der Waals surface area contributed by atoms with Crippen LogP contribution >= 0.6 is 0 Å². The summed E-state index contributed by atoms with van der Waals surface area (Å²) in [6, 6.07) is 5.05. The lowest BCUT2D eigenvalue weighted by atomic mass is 10.1. The number of benzene rings is 1. The number of aryl methyl sites for hydroxylation is 1. The van der Waals surface area contributed by atoms with Gasteiger partial charge in [0.15, 0.2) is 11.9 Å². The van der Waals surface area contributed by atoms with Gasteiger partial charge in [0.05, 0.1) is 12.7 Å². The zero-order chi connectivity index (χ0) is 14.7. The molecule has 6 heteroatoms. The predicted octanol–water partition coefficient (Wildman–Crippen LogP) is 2.73. The molecule has 20 heavy (non-hydrogen) atoms. The number of ketones is 1. The Labute approximate surface area is 116 Å². The van der Waals surface area contributed by atoms with Gasteiger partial charge < -0.3 is 13.9 Å². The van der Waals surface area contributed by atoms with E-state index in [1.54, 1.807) is 39.2 Å². The molecule has 0 spiro atoms. The molecule has 106 valence electrons. The zero-order valence-electron chi connectivity index (χ0n) is 11.8. The molecule has 0 aliphatic heterocycles. The Hall–Kier alpha value is -2.37. The Kier molecular flexibility index (Phi) is 4.02. The van der Waals surface area contributed by atoms with E-state index in [1.165, 1.54) is 6.92 Å². The van der Waals surface area contributed by atoms with Gasteiger partial charge in [-0.3, -0.25) is 4.79 Å². The van der Waals surface area contributed by atoms with E-state index in [0.717, 1.165) is 0 Å². The van der Waals surface area contributed by atoms with Crippen molar-refractivity contribution in [3.8, 4) is 11.5 Å². The molecule has 0 aliphatic rings. The summed E-state index contributed by atoms with van der Waals surface area (Å²) in [4.78, 5) is 11.6. The summed E-state index contributed by atoms with van der Waals surface area (Å²) in [5.41, 5.74) is 0.480. The third-order valence-electron chi connectivity index (χ3n) is 2.76. The van der Waals surface area contributed by atoms with Gasteiger partial charge in [0, 0.05) is 13.0 Å². The fourth-order valence-corrected chi connectivity index (χ4v) is 1.73. The van der Waals surface area contributed by atoms with Crippen molar-refractivity contribution in [2.24, 2.45) is 0 Å². The highest BCUT2D eigenvalue weighted by atomic mass is 16.5. The number of methoxy groups -OCH3 is 1. The second-order valence-corrected chi connectivity index (χ2v) is 4.34. The van der Waals surface area contributed by atoms with Crippen molar-refractivity contribution in [1.82, 2.24) is 10.2 Å². The van der Waals surface area contributed by atoms with Crippen molar-refractivity contribution in [3.63, 3.8) is 0 Å². The molecule has 0 radical (unpaired) electrons. The van der Waals surface area contributed by atoms with Crippen LogP contribution in [0.15, 0.2) is 22.6 Å². The lowest BCUT2D eigenvalue weighted by molar-refractivity contribution is 0.100. The number of carbonyl (C=O) groups is 1. The summed E-state index contributed by atoms with van der Waals surface area (Å²) in [5.74, 6) is 1.78. The van der Waals surface area contributed by atoms with Crippen LogP contribution in [0.4, 0.5) is 0 Å². The van der Waals surface area contributed by atoms with Crippen LogP contribution in [0.5, 0.6) is 11.5 Å². The van der Waals surface area contributed by atoms with E-state index in [4.69, 9.17) is 13.9 Å². The number of carbonyl (C=O) groups excluding carboxylic acids is 1. The molecule has 2 rings (SSSR count). The summed E-state index contributed by atoms with van der Waals surface area (Å²) in [5, 5.41) is 7.65. The van der Waals surface area contributed by atoms with Gasteiger partial charge in [0.2, 0.25) is 5.89 Å². The van der Waals surface area contributed by atoms with Crippen LogP contribution < -0.4 is 9.47 Å². The molecule has 1 atom stereocenters. The standard InChI is InChI=1S/C14H16N2O4/c1-8(17)12-6-5-11(18-4)7-13(12)19-9(2)14-16-15-10(3)20-14/h5-7,9H,1-4H3. The van der Waals surface area contributed by atoms with Gasteiger partial charge in [-0.2, -0.15) is 0 Å². The van der Waals surface area contributed by atoms with E-state index in [-0.39, 0.29) is 5.78 Å². The summed E-state index contributed by atoms with van der Waals surface area (Å²) < 4.78 is 16.2. The summed E-state index contributed by atoms with van der Waals surface area (Å²) in [6.45, 7) is 4.96. The topological polar surface area (TPSA) is 74.5 Å². The average Bonchev–Trinajstić information content (AvgIpc) is 2.85.